The second kappa shape index (κ2) is 9.92. The monoisotopic (exact) mass is 469 g/mol. The number of urea groups is 1. The molecule has 6 nitrogen and oxygen atoms in total. The maximum absolute atomic E-state index is 14.0. The molecule has 1 N–H and O–H groups in total. The first kappa shape index (κ1) is 23.1. The van der Waals surface area contributed by atoms with E-state index in [0.717, 1.165) is 35.3 Å². The first-order valence-electron chi connectivity index (χ1n) is 12.2. The largest absolute Gasteiger partial charge is 0.497 e. The van der Waals surface area contributed by atoms with Gasteiger partial charge in [-0.3, -0.25) is 9.69 Å². The van der Waals surface area contributed by atoms with Crippen LogP contribution in [0.4, 0.5) is 4.79 Å². The van der Waals surface area contributed by atoms with Crippen LogP contribution in [0.1, 0.15) is 29.5 Å². The van der Waals surface area contributed by atoms with E-state index in [1.807, 2.05) is 84.9 Å². The number of hydrogen-bond donors (Lipinski definition) is 1. The number of benzene rings is 3. The number of carbonyl (C=O) groups excluding carboxylic acids is 2. The van der Waals surface area contributed by atoms with Crippen LogP contribution in [0.3, 0.4) is 0 Å². The summed E-state index contributed by atoms with van der Waals surface area (Å²) < 4.78 is 5.27. The molecule has 1 aliphatic carbocycles. The van der Waals surface area contributed by atoms with Gasteiger partial charge in [0.1, 0.15) is 11.3 Å². The van der Waals surface area contributed by atoms with Crippen molar-refractivity contribution in [2.45, 2.75) is 43.8 Å². The Morgan fingerprint density at radius 1 is 0.857 bits per heavy atom. The molecule has 2 fully saturated rings. The van der Waals surface area contributed by atoms with Crippen LogP contribution in [0, 0.1) is 0 Å². The molecule has 3 aromatic rings. The molecule has 1 saturated carbocycles. The van der Waals surface area contributed by atoms with Crippen LogP contribution in [0.5, 0.6) is 5.75 Å². The highest BCUT2D eigenvalue weighted by Gasteiger charge is 2.52. The van der Waals surface area contributed by atoms with Crippen LogP contribution in [0.2, 0.25) is 0 Å². The first-order chi connectivity index (χ1) is 17.1. The zero-order valence-electron chi connectivity index (χ0n) is 20.0. The van der Waals surface area contributed by atoms with Gasteiger partial charge in [0.2, 0.25) is 0 Å². The minimum atomic E-state index is -1.00. The molecule has 0 spiro atoms. The Morgan fingerprint density at radius 3 is 1.94 bits per heavy atom. The molecule has 0 radical (unpaired) electrons. The molecule has 5 rings (SSSR count). The van der Waals surface area contributed by atoms with E-state index in [-0.39, 0.29) is 18.6 Å². The molecular weight excluding hydrogens is 438 g/mol. The smallest absolute Gasteiger partial charge is 0.326 e. The van der Waals surface area contributed by atoms with Crippen molar-refractivity contribution in [1.29, 1.82) is 0 Å². The van der Waals surface area contributed by atoms with E-state index in [1.54, 1.807) is 7.11 Å². The highest BCUT2D eigenvalue weighted by Crippen LogP contribution is 2.32. The average Bonchev–Trinajstić information content (AvgIpc) is 3.70. The zero-order chi connectivity index (χ0) is 24.3. The van der Waals surface area contributed by atoms with Gasteiger partial charge in [0.25, 0.3) is 5.91 Å². The van der Waals surface area contributed by atoms with Crippen molar-refractivity contribution < 1.29 is 14.3 Å². The lowest BCUT2D eigenvalue weighted by atomic mass is 9.84. The van der Waals surface area contributed by atoms with Crippen LogP contribution in [0.25, 0.3) is 0 Å². The van der Waals surface area contributed by atoms with Crippen LogP contribution in [0.15, 0.2) is 84.9 Å². The number of ether oxygens (including phenoxy) is 1. The van der Waals surface area contributed by atoms with E-state index >= 15 is 0 Å². The molecule has 1 aliphatic heterocycles. The van der Waals surface area contributed by atoms with Gasteiger partial charge >= 0.3 is 6.03 Å². The van der Waals surface area contributed by atoms with Crippen LogP contribution in [-0.4, -0.2) is 47.1 Å². The van der Waals surface area contributed by atoms with Crippen molar-refractivity contribution >= 4 is 11.9 Å². The van der Waals surface area contributed by atoms with E-state index in [1.165, 1.54) is 4.90 Å². The Balaban J connectivity index is 1.38. The Bertz CT molecular complexity index is 1120. The standard InChI is InChI=1S/C29H31N3O3/c1-35-26-16-12-24(13-17-26)20-31(25-14-15-25)21-32-27(33)29(30-28(32)34,18-22-8-4-2-5-9-22)19-23-10-6-3-7-11-23/h2-13,16-17,25H,14-15,18-21H2,1H3,(H,30,34). The molecule has 0 aromatic heterocycles. The zero-order valence-corrected chi connectivity index (χ0v) is 20.0. The number of carbonyl (C=O) groups is 2. The van der Waals surface area contributed by atoms with E-state index in [0.29, 0.717) is 25.4 Å². The lowest BCUT2D eigenvalue weighted by Gasteiger charge is -2.29. The molecule has 2 aliphatic rings. The summed E-state index contributed by atoms with van der Waals surface area (Å²) in [5, 5.41) is 3.10. The summed E-state index contributed by atoms with van der Waals surface area (Å²) in [7, 11) is 1.65. The lowest BCUT2D eigenvalue weighted by molar-refractivity contribution is -0.133. The Kier molecular flexibility index (Phi) is 6.55. The van der Waals surface area contributed by atoms with Crippen molar-refractivity contribution in [2.75, 3.05) is 13.8 Å². The second-order valence-corrected chi connectivity index (χ2v) is 9.54. The van der Waals surface area contributed by atoms with Crippen molar-refractivity contribution in [3.63, 3.8) is 0 Å². The molecule has 0 atom stereocenters. The normalized spacial score (nSPS) is 17.0. The minimum Gasteiger partial charge on any atom is -0.497 e. The van der Waals surface area contributed by atoms with Gasteiger partial charge in [0.15, 0.2) is 0 Å². The van der Waals surface area contributed by atoms with Gasteiger partial charge in [-0.15, -0.1) is 0 Å². The van der Waals surface area contributed by atoms with E-state index in [2.05, 4.69) is 10.2 Å². The molecule has 3 amide bonds. The molecule has 1 saturated heterocycles. The fourth-order valence-corrected chi connectivity index (χ4v) is 4.88. The third kappa shape index (κ3) is 5.23. The number of imide groups is 1. The molecule has 3 aromatic carbocycles. The van der Waals surface area contributed by atoms with Gasteiger partial charge in [-0.05, 0) is 41.7 Å². The lowest BCUT2D eigenvalue weighted by Crippen LogP contribution is -2.51. The summed E-state index contributed by atoms with van der Waals surface area (Å²) in [4.78, 5) is 30.9. The molecule has 0 unspecified atom stereocenters. The molecule has 180 valence electrons. The summed E-state index contributed by atoms with van der Waals surface area (Å²) in [6, 6.07) is 27.8. The van der Waals surface area contributed by atoms with Gasteiger partial charge < -0.3 is 10.1 Å². The molecular formula is C29H31N3O3. The van der Waals surface area contributed by atoms with Gasteiger partial charge in [0.05, 0.1) is 13.8 Å². The summed E-state index contributed by atoms with van der Waals surface area (Å²) in [5.41, 5.74) is 2.17. The minimum absolute atomic E-state index is 0.157. The van der Waals surface area contributed by atoms with Gasteiger partial charge in [0, 0.05) is 25.4 Å². The van der Waals surface area contributed by atoms with Crippen molar-refractivity contribution in [1.82, 2.24) is 15.1 Å². The summed E-state index contributed by atoms with van der Waals surface area (Å²) in [5.74, 6) is 0.656. The van der Waals surface area contributed by atoms with E-state index in [9.17, 15) is 9.59 Å². The third-order valence-electron chi connectivity index (χ3n) is 6.87. The quantitative estimate of drug-likeness (QED) is 0.448. The summed E-state index contributed by atoms with van der Waals surface area (Å²) >= 11 is 0. The van der Waals surface area contributed by atoms with Gasteiger partial charge in [-0.1, -0.05) is 72.8 Å². The maximum Gasteiger partial charge on any atom is 0.326 e. The number of hydrogen-bond acceptors (Lipinski definition) is 4. The van der Waals surface area contributed by atoms with Crippen LogP contribution >= 0.6 is 0 Å². The number of methoxy groups -OCH3 is 1. The summed E-state index contributed by atoms with van der Waals surface area (Å²) in [6.45, 7) is 0.961. The maximum atomic E-state index is 14.0. The van der Waals surface area contributed by atoms with E-state index in [4.69, 9.17) is 4.74 Å². The Hall–Kier alpha value is -3.64. The van der Waals surface area contributed by atoms with E-state index < -0.39 is 5.54 Å². The van der Waals surface area contributed by atoms with Crippen LogP contribution in [-0.2, 0) is 24.2 Å². The van der Waals surface area contributed by atoms with Crippen molar-refractivity contribution in [3.05, 3.63) is 102 Å². The predicted octanol–water partition coefficient (Wildman–Crippen LogP) is 4.39. The van der Waals surface area contributed by atoms with Crippen molar-refractivity contribution in [2.24, 2.45) is 0 Å². The number of amides is 3. The van der Waals surface area contributed by atoms with Crippen molar-refractivity contribution in [3.8, 4) is 5.75 Å². The fraction of sp³-hybridized carbons (Fsp3) is 0.310. The predicted molar refractivity (Wildman–Crippen MR) is 135 cm³/mol. The first-order valence-corrected chi connectivity index (χ1v) is 12.2. The molecule has 1 heterocycles. The number of nitrogens with zero attached hydrogens (tertiary/aromatic N) is 2. The molecule has 35 heavy (non-hydrogen) atoms. The summed E-state index contributed by atoms with van der Waals surface area (Å²) in [6.07, 6.45) is 3.06. The SMILES string of the molecule is COc1ccc(CN(CN2C(=O)NC(Cc3ccccc3)(Cc3ccccc3)C2=O)C2CC2)cc1. The van der Waals surface area contributed by atoms with Crippen LogP contribution < -0.4 is 10.1 Å². The molecule has 0 bridgehead atoms. The topological polar surface area (TPSA) is 61.9 Å². The Morgan fingerprint density at radius 2 is 1.43 bits per heavy atom. The Labute approximate surface area is 206 Å². The third-order valence-corrected chi connectivity index (χ3v) is 6.87. The fourth-order valence-electron chi connectivity index (χ4n) is 4.88. The average molecular weight is 470 g/mol. The number of rotatable bonds is 10. The number of nitrogens with one attached hydrogen (secondary N) is 1. The highest BCUT2D eigenvalue weighted by atomic mass is 16.5. The highest BCUT2D eigenvalue weighted by molar-refractivity contribution is 6.07. The molecule has 6 heteroatoms. The van der Waals surface area contributed by atoms with Gasteiger partial charge in [-0.25, -0.2) is 9.69 Å². The van der Waals surface area contributed by atoms with Gasteiger partial charge in [-0.2, -0.15) is 0 Å². The second-order valence-electron chi connectivity index (χ2n) is 9.54.